The summed E-state index contributed by atoms with van der Waals surface area (Å²) in [5, 5.41) is 4.68. The molecule has 0 bridgehead atoms. The van der Waals surface area contributed by atoms with Crippen LogP contribution >= 0.6 is 0 Å². The second kappa shape index (κ2) is 4.30. The Hall–Kier alpha value is -0.905. The van der Waals surface area contributed by atoms with Gasteiger partial charge in [-0.3, -0.25) is 4.98 Å². The summed E-state index contributed by atoms with van der Waals surface area (Å²) in [4.78, 5) is 4.36. The fourth-order valence-corrected chi connectivity index (χ4v) is 1.88. The summed E-state index contributed by atoms with van der Waals surface area (Å²) in [5.74, 6) is 0. The highest BCUT2D eigenvalue weighted by atomic mass is 16.7. The molecule has 19 heavy (non-hydrogen) atoms. The Labute approximate surface area is 116 Å². The number of aromatic nitrogens is 1. The van der Waals surface area contributed by atoms with E-state index in [4.69, 9.17) is 10.7 Å². The van der Waals surface area contributed by atoms with Crippen molar-refractivity contribution in [2.24, 2.45) is 0 Å². The van der Waals surface area contributed by atoms with E-state index in [-0.39, 0.29) is 11.2 Å². The third-order valence-corrected chi connectivity index (χ3v) is 3.93. The minimum atomic E-state index is -0.728. The topological polar surface area (TPSA) is 51.6 Å². The largest absolute Gasteiger partial charge is 0.496 e. The minimum absolute atomic E-state index is 0.361. The minimum Gasteiger partial charge on any atom is -0.399 e. The van der Waals surface area contributed by atoms with Gasteiger partial charge in [0, 0.05) is 11.7 Å². The van der Waals surface area contributed by atoms with Crippen LogP contribution in [-0.4, -0.2) is 29.8 Å². The summed E-state index contributed by atoms with van der Waals surface area (Å²) in [6.45, 7) is 11.7. The lowest BCUT2D eigenvalue weighted by Crippen LogP contribution is -2.41. The van der Waals surface area contributed by atoms with Gasteiger partial charge in [-0.15, -0.1) is 0 Å². The van der Waals surface area contributed by atoms with Gasteiger partial charge in [0.15, 0.2) is 0 Å². The van der Waals surface area contributed by atoms with Crippen molar-refractivity contribution in [3.05, 3.63) is 24.0 Å². The van der Waals surface area contributed by atoms with Crippen molar-refractivity contribution < 1.29 is 14.4 Å². The van der Waals surface area contributed by atoms with Gasteiger partial charge in [0.05, 0.1) is 16.9 Å². The van der Waals surface area contributed by atoms with Crippen molar-refractivity contribution in [3.63, 3.8) is 0 Å². The first-order valence-electron chi connectivity index (χ1n) is 6.96. The molecule has 0 atom stereocenters. The number of rotatable bonds is 3. The van der Waals surface area contributed by atoms with E-state index >= 15 is 0 Å². The second-order valence-electron chi connectivity index (χ2n) is 6.58. The van der Waals surface area contributed by atoms with Crippen LogP contribution in [0, 0.1) is 0 Å². The molecule has 0 aromatic carbocycles. The van der Waals surface area contributed by atoms with Gasteiger partial charge in [-0.1, -0.05) is 6.07 Å². The molecule has 0 saturated carbocycles. The normalized spacial score (nSPS) is 22.4. The lowest BCUT2D eigenvalue weighted by molar-refractivity contribution is 0.00578. The van der Waals surface area contributed by atoms with Crippen molar-refractivity contribution in [1.29, 1.82) is 1.43 Å². The fraction of sp³-hybridized carbons (Fsp3) is 0.643. The maximum atomic E-state index is 7.08. The van der Waals surface area contributed by atoms with Gasteiger partial charge in [0.2, 0.25) is 1.43 Å². The fourth-order valence-electron chi connectivity index (χ4n) is 1.88. The first kappa shape index (κ1) is 13.1. The predicted molar refractivity (Wildman–Crippen MR) is 75.2 cm³/mol. The molecule has 0 aliphatic carbocycles. The molecule has 2 heterocycles. The second-order valence-corrected chi connectivity index (χ2v) is 6.58. The van der Waals surface area contributed by atoms with Crippen molar-refractivity contribution in [2.75, 3.05) is 0 Å². The number of aliphatic hydroxyl groups is 1. The van der Waals surface area contributed by atoms with E-state index in [1.807, 2.05) is 39.8 Å². The molecule has 1 aromatic heterocycles. The van der Waals surface area contributed by atoms with Crippen LogP contribution in [0.1, 0.15) is 47.2 Å². The van der Waals surface area contributed by atoms with E-state index in [1.54, 1.807) is 20.0 Å². The summed E-state index contributed by atoms with van der Waals surface area (Å²) in [7, 11) is -0.415. The Morgan fingerprint density at radius 1 is 1.21 bits per heavy atom. The Kier molecular flexibility index (Phi) is 2.96. The van der Waals surface area contributed by atoms with E-state index in [0.717, 1.165) is 5.46 Å². The molecule has 5 heteroatoms. The number of hydrogen-bond donors (Lipinski definition) is 1. The van der Waals surface area contributed by atoms with Crippen LogP contribution in [0.3, 0.4) is 0 Å². The Morgan fingerprint density at radius 2 is 1.79 bits per heavy atom. The molecule has 1 aromatic rings. The van der Waals surface area contributed by atoms with Gasteiger partial charge in [-0.2, -0.15) is 0 Å². The van der Waals surface area contributed by atoms with E-state index in [1.165, 1.54) is 0 Å². The average Bonchev–Trinajstić information content (AvgIpc) is 2.59. The molecule has 0 spiro atoms. The Bertz CT molecular complexity index is 472. The monoisotopic (exact) mass is 264 g/mol. The van der Waals surface area contributed by atoms with Crippen molar-refractivity contribution in [3.8, 4) is 0 Å². The smallest absolute Gasteiger partial charge is 0.399 e. The van der Waals surface area contributed by atoms with E-state index in [0.29, 0.717) is 5.69 Å². The summed E-state index contributed by atoms with van der Waals surface area (Å²) < 4.78 is 19.0. The van der Waals surface area contributed by atoms with Crippen LogP contribution in [0.15, 0.2) is 18.3 Å². The van der Waals surface area contributed by atoms with Gasteiger partial charge in [0.1, 0.15) is 5.60 Å². The van der Waals surface area contributed by atoms with E-state index in [9.17, 15) is 0 Å². The zero-order valence-corrected chi connectivity index (χ0v) is 12.5. The van der Waals surface area contributed by atoms with Gasteiger partial charge in [0.25, 0.3) is 0 Å². The SMILES string of the molecule is [2H]OC(C)(C)c1ccc(B2OC(C)(C)C(C)(C)O2)cn1. The third-order valence-electron chi connectivity index (χ3n) is 3.93. The summed E-state index contributed by atoms with van der Waals surface area (Å²) in [5.41, 5.74) is 0.120. The van der Waals surface area contributed by atoms with Gasteiger partial charge in [-0.25, -0.2) is 0 Å². The molecule has 0 amide bonds. The van der Waals surface area contributed by atoms with Gasteiger partial charge < -0.3 is 14.4 Å². The summed E-state index contributed by atoms with van der Waals surface area (Å²) >= 11 is 0. The number of nitrogens with zero attached hydrogens (tertiary/aromatic N) is 1. The maximum Gasteiger partial charge on any atom is 0.496 e. The van der Waals surface area contributed by atoms with Crippen LogP contribution in [0.4, 0.5) is 0 Å². The van der Waals surface area contributed by atoms with Crippen LogP contribution in [0.5, 0.6) is 0 Å². The van der Waals surface area contributed by atoms with Gasteiger partial charge in [-0.05, 0) is 47.6 Å². The highest BCUT2D eigenvalue weighted by Crippen LogP contribution is 2.36. The van der Waals surface area contributed by atoms with E-state index < -0.39 is 12.7 Å². The molecule has 1 N–H and O–H groups in total. The first-order valence-corrected chi connectivity index (χ1v) is 6.55. The summed E-state index contributed by atoms with van der Waals surface area (Å²) in [6, 6.07) is 3.75. The maximum absolute atomic E-state index is 7.08. The molecule has 1 aliphatic heterocycles. The van der Waals surface area contributed by atoms with Crippen molar-refractivity contribution in [1.82, 2.24) is 4.98 Å². The highest BCUT2D eigenvalue weighted by Gasteiger charge is 2.51. The molecule has 1 aliphatic rings. The van der Waals surface area contributed by atoms with Crippen LogP contribution < -0.4 is 5.46 Å². The molecule has 2 rings (SSSR count). The molecule has 104 valence electrons. The molecule has 0 unspecified atom stereocenters. The lowest BCUT2D eigenvalue weighted by atomic mass is 9.80. The quantitative estimate of drug-likeness (QED) is 0.843. The Morgan fingerprint density at radius 3 is 2.21 bits per heavy atom. The predicted octanol–water partition coefficient (Wildman–Crippen LogP) is 1.61. The molecular formula is C14H22BNO3. The zero-order chi connectivity index (χ0) is 15.2. The van der Waals surface area contributed by atoms with Crippen LogP contribution in [0.25, 0.3) is 0 Å². The highest BCUT2D eigenvalue weighted by molar-refractivity contribution is 6.62. The van der Waals surface area contributed by atoms with E-state index in [2.05, 4.69) is 10.1 Å². The Balaban J connectivity index is 2.21. The standard InChI is InChI=1S/C14H22BNO3/c1-12(2,17)11-8-7-10(9-16-11)15-18-13(3,4)14(5,6)19-15/h7-9,17H,1-6H3/i17D. The molecule has 4 nitrogen and oxygen atoms in total. The number of pyridine rings is 1. The lowest BCUT2D eigenvalue weighted by Gasteiger charge is -2.32. The van der Waals surface area contributed by atoms with Crippen molar-refractivity contribution in [2.45, 2.75) is 58.3 Å². The van der Waals surface area contributed by atoms with Crippen LogP contribution in [-0.2, 0) is 14.9 Å². The molecule has 1 saturated heterocycles. The zero-order valence-electron chi connectivity index (χ0n) is 13.5. The van der Waals surface area contributed by atoms with Crippen LogP contribution in [0.2, 0.25) is 0 Å². The number of hydrogen-bond acceptors (Lipinski definition) is 4. The van der Waals surface area contributed by atoms with Gasteiger partial charge >= 0.3 is 7.12 Å². The molecular weight excluding hydrogens is 241 g/mol. The molecule has 0 radical (unpaired) electrons. The third kappa shape index (κ3) is 2.68. The van der Waals surface area contributed by atoms with Crippen molar-refractivity contribution >= 4 is 12.6 Å². The first-order chi connectivity index (χ1) is 9.09. The average molecular weight is 264 g/mol. The summed E-state index contributed by atoms with van der Waals surface area (Å²) in [6.07, 6.45) is 1.72. The molecule has 1 fully saturated rings.